The number of nitro benzene ring substituents is 1. The summed E-state index contributed by atoms with van der Waals surface area (Å²) < 4.78 is 0. The molecule has 5 nitrogen and oxygen atoms in total. The molecule has 0 saturated heterocycles. The zero-order valence-electron chi connectivity index (χ0n) is 10.9. The van der Waals surface area contributed by atoms with Crippen LogP contribution in [-0.2, 0) is 12.8 Å². The zero-order valence-corrected chi connectivity index (χ0v) is 10.9. The summed E-state index contributed by atoms with van der Waals surface area (Å²) in [5, 5.41) is 14.4. The van der Waals surface area contributed by atoms with Gasteiger partial charge in [-0.2, -0.15) is 0 Å². The average molecular weight is 269 g/mol. The van der Waals surface area contributed by atoms with Crippen molar-refractivity contribution < 1.29 is 4.92 Å². The van der Waals surface area contributed by atoms with Gasteiger partial charge >= 0.3 is 5.69 Å². The molecule has 2 aromatic carbocycles. The maximum Gasteiger partial charge on any atom is 0.314 e. The lowest BCUT2D eigenvalue weighted by molar-refractivity contribution is -0.383. The maximum absolute atomic E-state index is 11.1. The van der Waals surface area contributed by atoms with E-state index in [1.807, 2.05) is 12.1 Å². The fraction of sp³-hybridized carbons (Fsp3) is 0.200. The van der Waals surface area contributed by atoms with Gasteiger partial charge in [0.2, 0.25) is 0 Å². The number of nitro groups is 1. The first kappa shape index (κ1) is 12.5. The van der Waals surface area contributed by atoms with Gasteiger partial charge in [0.1, 0.15) is 11.4 Å². The predicted octanol–water partition coefficient (Wildman–Crippen LogP) is 2.76. The van der Waals surface area contributed by atoms with Gasteiger partial charge in [0.05, 0.1) is 4.92 Å². The summed E-state index contributed by atoms with van der Waals surface area (Å²) in [7, 11) is 0. The molecule has 0 bridgehead atoms. The standard InChI is InChI=1S/C15H15N3O2/c16-13-6-3-7-14(15(13)18(19)20)17-12-8-10-4-1-2-5-11(10)9-12/h1-7,12,17H,8-9,16H2. The molecule has 1 aliphatic carbocycles. The minimum absolute atomic E-state index is 0.0385. The number of rotatable bonds is 3. The lowest BCUT2D eigenvalue weighted by Crippen LogP contribution is -2.20. The van der Waals surface area contributed by atoms with E-state index in [2.05, 4.69) is 17.4 Å². The third-order valence-electron chi connectivity index (χ3n) is 3.66. The quantitative estimate of drug-likeness (QED) is 0.510. The van der Waals surface area contributed by atoms with E-state index in [0.29, 0.717) is 5.69 Å². The van der Waals surface area contributed by atoms with E-state index in [9.17, 15) is 10.1 Å². The third-order valence-corrected chi connectivity index (χ3v) is 3.66. The Labute approximate surface area is 116 Å². The topological polar surface area (TPSA) is 81.2 Å². The molecule has 0 saturated carbocycles. The van der Waals surface area contributed by atoms with Gasteiger partial charge in [0, 0.05) is 6.04 Å². The minimum atomic E-state index is -0.431. The van der Waals surface area contributed by atoms with Crippen molar-refractivity contribution in [3.8, 4) is 0 Å². The molecule has 3 rings (SSSR count). The van der Waals surface area contributed by atoms with Gasteiger partial charge in [-0.05, 0) is 36.1 Å². The Hall–Kier alpha value is -2.56. The number of hydrogen-bond acceptors (Lipinski definition) is 4. The number of nitrogens with two attached hydrogens (primary N) is 1. The van der Waals surface area contributed by atoms with Crippen molar-refractivity contribution in [1.82, 2.24) is 0 Å². The number of fused-ring (bicyclic) bond motifs is 1. The molecule has 0 radical (unpaired) electrons. The molecule has 102 valence electrons. The van der Waals surface area contributed by atoms with Crippen LogP contribution in [-0.4, -0.2) is 11.0 Å². The minimum Gasteiger partial charge on any atom is -0.393 e. The van der Waals surface area contributed by atoms with E-state index in [1.165, 1.54) is 11.1 Å². The van der Waals surface area contributed by atoms with Crippen molar-refractivity contribution in [3.05, 3.63) is 63.7 Å². The number of nitrogens with zero attached hydrogens (tertiary/aromatic N) is 1. The fourth-order valence-corrected chi connectivity index (χ4v) is 2.76. The highest BCUT2D eigenvalue weighted by atomic mass is 16.6. The molecule has 0 unspecified atom stereocenters. The van der Waals surface area contributed by atoms with Crippen LogP contribution in [0.25, 0.3) is 0 Å². The molecule has 20 heavy (non-hydrogen) atoms. The summed E-state index contributed by atoms with van der Waals surface area (Å²) >= 11 is 0. The second kappa shape index (κ2) is 4.85. The predicted molar refractivity (Wildman–Crippen MR) is 78.8 cm³/mol. The van der Waals surface area contributed by atoms with Gasteiger partial charge in [0.15, 0.2) is 0 Å². The Kier molecular flexibility index (Phi) is 3.02. The number of nitrogens with one attached hydrogen (secondary N) is 1. The number of anilines is 2. The number of hydrogen-bond donors (Lipinski definition) is 2. The Morgan fingerprint density at radius 1 is 1.10 bits per heavy atom. The van der Waals surface area contributed by atoms with Gasteiger partial charge in [-0.1, -0.05) is 30.3 Å². The molecule has 1 aliphatic rings. The Morgan fingerprint density at radius 2 is 1.75 bits per heavy atom. The first-order valence-corrected chi connectivity index (χ1v) is 6.51. The van der Waals surface area contributed by atoms with Crippen LogP contribution in [0, 0.1) is 10.1 Å². The molecule has 0 aromatic heterocycles. The summed E-state index contributed by atoms with van der Waals surface area (Å²) in [5.41, 5.74) is 8.95. The Morgan fingerprint density at radius 3 is 2.35 bits per heavy atom. The van der Waals surface area contributed by atoms with E-state index < -0.39 is 4.92 Å². The van der Waals surface area contributed by atoms with Gasteiger partial charge in [-0.15, -0.1) is 0 Å². The zero-order chi connectivity index (χ0) is 14.1. The highest BCUT2D eigenvalue weighted by Gasteiger charge is 2.24. The van der Waals surface area contributed by atoms with Crippen molar-refractivity contribution in [2.75, 3.05) is 11.1 Å². The molecule has 0 atom stereocenters. The molecule has 0 fully saturated rings. The van der Waals surface area contributed by atoms with Crippen molar-refractivity contribution in [2.24, 2.45) is 0 Å². The van der Waals surface area contributed by atoms with E-state index in [4.69, 9.17) is 5.73 Å². The van der Waals surface area contributed by atoms with Crippen molar-refractivity contribution in [1.29, 1.82) is 0 Å². The van der Waals surface area contributed by atoms with E-state index in [0.717, 1.165) is 12.8 Å². The second-order valence-electron chi connectivity index (χ2n) is 5.02. The van der Waals surface area contributed by atoms with Gasteiger partial charge in [-0.3, -0.25) is 10.1 Å². The van der Waals surface area contributed by atoms with Crippen LogP contribution in [0.2, 0.25) is 0 Å². The van der Waals surface area contributed by atoms with E-state index in [1.54, 1.807) is 18.2 Å². The highest BCUT2D eigenvalue weighted by molar-refractivity contribution is 5.74. The Bertz CT molecular complexity index is 645. The van der Waals surface area contributed by atoms with Crippen molar-refractivity contribution in [2.45, 2.75) is 18.9 Å². The summed E-state index contributed by atoms with van der Waals surface area (Å²) in [6, 6.07) is 13.4. The number of nitrogen functional groups attached to an aromatic ring is 1. The molecule has 3 N–H and O–H groups in total. The summed E-state index contributed by atoms with van der Waals surface area (Å²) in [5.74, 6) is 0. The maximum atomic E-state index is 11.1. The molecule has 2 aromatic rings. The molecule has 0 aliphatic heterocycles. The van der Waals surface area contributed by atoms with Crippen LogP contribution >= 0.6 is 0 Å². The Balaban J connectivity index is 1.84. The van der Waals surface area contributed by atoms with Crippen LogP contribution in [0.4, 0.5) is 17.1 Å². The molecule has 0 heterocycles. The van der Waals surface area contributed by atoms with Crippen LogP contribution in [0.1, 0.15) is 11.1 Å². The fourth-order valence-electron chi connectivity index (χ4n) is 2.76. The highest BCUT2D eigenvalue weighted by Crippen LogP contribution is 2.33. The van der Waals surface area contributed by atoms with E-state index in [-0.39, 0.29) is 17.4 Å². The summed E-state index contributed by atoms with van der Waals surface area (Å²) in [6.45, 7) is 0. The third kappa shape index (κ3) is 2.18. The number of para-hydroxylation sites is 1. The van der Waals surface area contributed by atoms with Crippen LogP contribution in [0.15, 0.2) is 42.5 Å². The molecular weight excluding hydrogens is 254 g/mol. The molecule has 0 spiro atoms. The van der Waals surface area contributed by atoms with Gasteiger partial charge in [-0.25, -0.2) is 0 Å². The lowest BCUT2D eigenvalue weighted by atomic mass is 10.1. The van der Waals surface area contributed by atoms with Crippen molar-refractivity contribution in [3.63, 3.8) is 0 Å². The number of benzene rings is 2. The SMILES string of the molecule is Nc1cccc(NC2Cc3ccccc3C2)c1[N+](=O)[O-]. The molecule has 0 amide bonds. The van der Waals surface area contributed by atoms with Gasteiger partial charge < -0.3 is 11.1 Å². The van der Waals surface area contributed by atoms with Crippen molar-refractivity contribution >= 4 is 17.1 Å². The largest absolute Gasteiger partial charge is 0.393 e. The van der Waals surface area contributed by atoms with Gasteiger partial charge in [0.25, 0.3) is 0 Å². The summed E-state index contributed by atoms with van der Waals surface area (Å²) in [4.78, 5) is 10.7. The smallest absolute Gasteiger partial charge is 0.314 e. The van der Waals surface area contributed by atoms with Crippen LogP contribution in [0.5, 0.6) is 0 Å². The van der Waals surface area contributed by atoms with E-state index >= 15 is 0 Å². The first-order valence-electron chi connectivity index (χ1n) is 6.51. The lowest BCUT2D eigenvalue weighted by Gasteiger charge is -2.14. The van der Waals surface area contributed by atoms with Crippen LogP contribution < -0.4 is 11.1 Å². The van der Waals surface area contributed by atoms with Crippen LogP contribution in [0.3, 0.4) is 0 Å². The molecule has 5 heteroatoms. The normalized spacial score (nSPS) is 14.0. The average Bonchev–Trinajstić information content (AvgIpc) is 2.80. The molecular formula is C15H15N3O2. The second-order valence-corrected chi connectivity index (χ2v) is 5.02. The monoisotopic (exact) mass is 269 g/mol. The first-order chi connectivity index (χ1) is 9.65. The summed E-state index contributed by atoms with van der Waals surface area (Å²) in [6.07, 6.45) is 1.75.